The normalized spacial score (nSPS) is 18.4. The van der Waals surface area contributed by atoms with Gasteiger partial charge in [-0.15, -0.1) is 0 Å². The average Bonchev–Trinajstić information content (AvgIpc) is 3.26. The fraction of sp³-hybridized carbons (Fsp3) is 0.179. The molecule has 4 aromatic rings. The maximum Gasteiger partial charge on any atom is 0.291 e. The van der Waals surface area contributed by atoms with Crippen LogP contribution in [0.15, 0.2) is 75.9 Å². The van der Waals surface area contributed by atoms with Gasteiger partial charge in [0.25, 0.3) is 11.8 Å². The van der Waals surface area contributed by atoms with Crippen LogP contribution in [0.1, 0.15) is 40.6 Å². The van der Waals surface area contributed by atoms with Crippen molar-refractivity contribution in [2.24, 2.45) is 0 Å². The fourth-order valence-corrected chi connectivity index (χ4v) is 5.57. The summed E-state index contributed by atoms with van der Waals surface area (Å²) in [7, 11) is 0. The van der Waals surface area contributed by atoms with E-state index in [9.17, 15) is 18.8 Å². The highest BCUT2D eigenvalue weighted by Gasteiger charge is 2.64. The maximum absolute atomic E-state index is 14.4. The summed E-state index contributed by atoms with van der Waals surface area (Å²) in [6, 6.07) is 17.5. The molecule has 180 valence electrons. The largest absolute Gasteiger partial charge is 0.450 e. The van der Waals surface area contributed by atoms with E-state index < -0.39 is 28.6 Å². The first kappa shape index (κ1) is 22.5. The Morgan fingerprint density at radius 2 is 1.75 bits per heavy atom. The fourth-order valence-electron chi connectivity index (χ4n) is 5.40. The molecule has 1 spiro atoms. The van der Waals surface area contributed by atoms with Crippen LogP contribution in [-0.2, 0) is 16.9 Å². The van der Waals surface area contributed by atoms with Gasteiger partial charge < -0.3 is 14.2 Å². The van der Waals surface area contributed by atoms with Crippen molar-refractivity contribution in [2.45, 2.75) is 25.4 Å². The van der Waals surface area contributed by atoms with E-state index >= 15 is 0 Å². The lowest BCUT2D eigenvalue weighted by atomic mass is 9.83. The second kappa shape index (κ2) is 8.03. The molecule has 2 aliphatic heterocycles. The third-order valence-corrected chi connectivity index (χ3v) is 7.13. The van der Waals surface area contributed by atoms with Gasteiger partial charge in [-0.05, 0) is 48.4 Å². The van der Waals surface area contributed by atoms with Crippen molar-refractivity contribution in [2.75, 3.05) is 11.4 Å². The highest BCUT2D eigenvalue weighted by atomic mass is 35.5. The van der Waals surface area contributed by atoms with Crippen LogP contribution >= 0.6 is 11.6 Å². The molecule has 1 aromatic heterocycles. The third-order valence-electron chi connectivity index (χ3n) is 6.90. The van der Waals surface area contributed by atoms with E-state index in [1.54, 1.807) is 35.2 Å². The number of rotatable bonds is 4. The lowest BCUT2D eigenvalue weighted by Gasteiger charge is -2.34. The minimum atomic E-state index is -1.72. The molecule has 8 heteroatoms. The van der Waals surface area contributed by atoms with E-state index in [0.29, 0.717) is 34.8 Å². The van der Waals surface area contributed by atoms with E-state index in [0.717, 1.165) is 0 Å². The van der Waals surface area contributed by atoms with Gasteiger partial charge in [0.05, 0.1) is 16.6 Å². The van der Waals surface area contributed by atoms with E-state index in [1.807, 2.05) is 19.1 Å². The lowest BCUT2D eigenvalue weighted by molar-refractivity contribution is -0.126. The van der Waals surface area contributed by atoms with Crippen LogP contribution in [0.2, 0.25) is 5.02 Å². The van der Waals surface area contributed by atoms with Crippen molar-refractivity contribution >= 4 is 40.1 Å². The third kappa shape index (κ3) is 2.92. The Bertz CT molecular complexity index is 1630. The van der Waals surface area contributed by atoms with Crippen molar-refractivity contribution in [1.29, 1.82) is 0 Å². The number of para-hydroxylation sites is 1. The quantitative estimate of drug-likeness (QED) is 0.382. The Balaban J connectivity index is 1.69. The number of anilines is 1. The van der Waals surface area contributed by atoms with Crippen LogP contribution in [-0.4, -0.2) is 23.3 Å². The number of benzene rings is 3. The van der Waals surface area contributed by atoms with Crippen LogP contribution in [0.3, 0.4) is 0 Å². The maximum atomic E-state index is 14.4. The van der Waals surface area contributed by atoms with Crippen LogP contribution in [0.4, 0.5) is 10.1 Å². The highest BCUT2D eigenvalue weighted by Crippen LogP contribution is 2.53. The van der Waals surface area contributed by atoms with E-state index in [2.05, 4.69) is 0 Å². The number of hydrogen-bond acceptors (Lipinski definition) is 4. The predicted molar refractivity (Wildman–Crippen MR) is 134 cm³/mol. The van der Waals surface area contributed by atoms with Gasteiger partial charge in [-0.25, -0.2) is 4.39 Å². The molecule has 1 atom stereocenters. The van der Waals surface area contributed by atoms with Gasteiger partial charge in [0.15, 0.2) is 11.0 Å². The summed E-state index contributed by atoms with van der Waals surface area (Å²) in [5.41, 5.74) is -0.226. The monoisotopic (exact) mass is 502 g/mol. The molecule has 6 rings (SSSR count). The number of amides is 2. The Morgan fingerprint density at radius 3 is 2.50 bits per heavy atom. The topological polar surface area (TPSA) is 70.8 Å². The minimum Gasteiger partial charge on any atom is -0.450 e. The molecule has 0 fully saturated rings. The molecule has 2 amide bonds. The summed E-state index contributed by atoms with van der Waals surface area (Å²) in [4.78, 5) is 45.3. The van der Waals surface area contributed by atoms with Crippen molar-refractivity contribution in [3.8, 4) is 0 Å². The Kier molecular flexibility index (Phi) is 5.02. The first-order chi connectivity index (χ1) is 17.4. The molecule has 3 aromatic carbocycles. The van der Waals surface area contributed by atoms with Crippen LogP contribution < -0.4 is 10.3 Å². The number of nitrogens with zero attached hydrogens (tertiary/aromatic N) is 2. The Hall–Kier alpha value is -3.97. The number of carbonyl (C=O) groups is 2. The van der Waals surface area contributed by atoms with Gasteiger partial charge in [-0.3, -0.25) is 14.4 Å². The molecule has 0 saturated carbocycles. The van der Waals surface area contributed by atoms with Gasteiger partial charge in [0.1, 0.15) is 11.4 Å². The summed E-state index contributed by atoms with van der Waals surface area (Å²) in [5, 5.41) is 0.526. The van der Waals surface area contributed by atoms with Gasteiger partial charge in [0.2, 0.25) is 5.76 Å². The van der Waals surface area contributed by atoms with Gasteiger partial charge in [0, 0.05) is 23.7 Å². The number of fused-ring (bicyclic) bond motifs is 5. The summed E-state index contributed by atoms with van der Waals surface area (Å²) >= 11 is 6.18. The Labute approximate surface area is 210 Å². The summed E-state index contributed by atoms with van der Waals surface area (Å²) in [6.45, 7) is 2.34. The zero-order valence-electron chi connectivity index (χ0n) is 19.3. The number of carbonyl (C=O) groups excluding carboxylic acids is 2. The molecule has 3 heterocycles. The lowest BCUT2D eigenvalue weighted by Crippen LogP contribution is -2.53. The molecule has 36 heavy (non-hydrogen) atoms. The standard InChI is InChI=1S/C28H20ClFN2O4/c1-2-13-31-21-6-4-3-5-20(21)28(27(31)35)23-24(33)19-14-17(29)9-12-22(19)36-25(23)26(34)32(28)15-16-7-10-18(30)11-8-16/h3-12,14H,2,13,15H2,1H3. The summed E-state index contributed by atoms with van der Waals surface area (Å²) in [5.74, 6) is -1.56. The molecule has 6 nitrogen and oxygen atoms in total. The van der Waals surface area contributed by atoms with Gasteiger partial charge in [-0.2, -0.15) is 0 Å². The molecule has 2 aliphatic rings. The molecule has 0 saturated heterocycles. The highest BCUT2D eigenvalue weighted by molar-refractivity contribution is 6.31. The van der Waals surface area contributed by atoms with Crippen LogP contribution in [0.25, 0.3) is 11.0 Å². The van der Waals surface area contributed by atoms with E-state index in [-0.39, 0.29) is 28.8 Å². The average molecular weight is 503 g/mol. The van der Waals surface area contributed by atoms with Crippen molar-refractivity contribution in [3.63, 3.8) is 0 Å². The molecule has 0 radical (unpaired) electrons. The number of halogens is 2. The Morgan fingerprint density at radius 1 is 1.00 bits per heavy atom. The van der Waals surface area contributed by atoms with Crippen LogP contribution in [0, 0.1) is 5.82 Å². The minimum absolute atomic E-state index is 0.0135. The molecule has 0 bridgehead atoms. The second-order valence-electron chi connectivity index (χ2n) is 8.98. The molecular weight excluding hydrogens is 483 g/mol. The SMILES string of the molecule is CCCN1C(=O)C2(c3ccccc31)c1c(oc3ccc(Cl)cc3c1=O)C(=O)N2Cc1ccc(F)cc1. The van der Waals surface area contributed by atoms with E-state index in [4.69, 9.17) is 16.0 Å². The second-order valence-corrected chi connectivity index (χ2v) is 9.41. The zero-order chi connectivity index (χ0) is 25.2. The van der Waals surface area contributed by atoms with Crippen molar-refractivity contribution in [1.82, 2.24) is 4.90 Å². The van der Waals surface area contributed by atoms with Crippen LogP contribution in [0.5, 0.6) is 0 Å². The number of hydrogen-bond donors (Lipinski definition) is 0. The van der Waals surface area contributed by atoms with Crippen molar-refractivity contribution in [3.05, 3.63) is 110 Å². The molecular formula is C28H20ClFN2O4. The molecule has 1 unspecified atom stereocenters. The molecule has 0 aliphatic carbocycles. The van der Waals surface area contributed by atoms with Gasteiger partial charge >= 0.3 is 0 Å². The smallest absolute Gasteiger partial charge is 0.291 e. The van der Waals surface area contributed by atoms with E-state index in [1.165, 1.54) is 29.2 Å². The molecule has 0 N–H and O–H groups in total. The summed E-state index contributed by atoms with van der Waals surface area (Å²) in [6.07, 6.45) is 0.677. The summed E-state index contributed by atoms with van der Waals surface area (Å²) < 4.78 is 19.6. The first-order valence-corrected chi connectivity index (χ1v) is 12.0. The van der Waals surface area contributed by atoms with Crippen molar-refractivity contribution < 1.29 is 18.4 Å². The first-order valence-electron chi connectivity index (χ1n) is 11.6. The predicted octanol–water partition coefficient (Wildman–Crippen LogP) is 5.24. The zero-order valence-corrected chi connectivity index (χ0v) is 20.0. The van der Waals surface area contributed by atoms with Gasteiger partial charge in [-0.1, -0.05) is 48.9 Å².